The minimum absolute atomic E-state index is 0.296. The van der Waals surface area contributed by atoms with E-state index in [1.54, 1.807) is 45.2 Å². The maximum absolute atomic E-state index is 12.1. The van der Waals surface area contributed by atoms with Gasteiger partial charge in [-0.15, -0.1) is 0 Å². The van der Waals surface area contributed by atoms with Gasteiger partial charge in [-0.2, -0.15) is 5.10 Å². The summed E-state index contributed by atoms with van der Waals surface area (Å²) in [6.45, 7) is 3.56. The summed E-state index contributed by atoms with van der Waals surface area (Å²) in [5.74, 6) is -0.981. The second kappa shape index (κ2) is 6.66. The third-order valence-corrected chi connectivity index (χ3v) is 3.82. The normalized spacial score (nSPS) is 11.0. The van der Waals surface area contributed by atoms with Gasteiger partial charge in [0.1, 0.15) is 5.15 Å². The van der Waals surface area contributed by atoms with Gasteiger partial charge in [0.05, 0.1) is 16.9 Å². The molecular formula is C16H17ClN4O2. The Morgan fingerprint density at radius 2 is 2.04 bits per heavy atom. The van der Waals surface area contributed by atoms with Crippen molar-refractivity contribution in [2.24, 2.45) is 12.8 Å². The quantitative estimate of drug-likeness (QED) is 0.842. The van der Waals surface area contributed by atoms with Crippen LogP contribution in [0.1, 0.15) is 27.2 Å². The van der Waals surface area contributed by atoms with Gasteiger partial charge in [-0.05, 0) is 31.6 Å². The van der Waals surface area contributed by atoms with Gasteiger partial charge in [-0.3, -0.25) is 14.3 Å². The predicted octanol–water partition coefficient (Wildman–Crippen LogP) is 2.44. The number of hydrogen-bond acceptors (Lipinski definition) is 3. The van der Waals surface area contributed by atoms with E-state index in [9.17, 15) is 9.59 Å². The van der Waals surface area contributed by atoms with Crippen LogP contribution in [0.3, 0.4) is 0 Å². The Morgan fingerprint density at radius 3 is 2.61 bits per heavy atom. The molecule has 0 saturated heterocycles. The van der Waals surface area contributed by atoms with Gasteiger partial charge in [-0.25, -0.2) is 0 Å². The number of anilines is 1. The molecule has 7 heteroatoms. The van der Waals surface area contributed by atoms with E-state index in [4.69, 9.17) is 17.3 Å². The third kappa shape index (κ3) is 3.60. The number of carbonyl (C=O) groups excluding carboxylic acids is 2. The number of benzene rings is 1. The average molecular weight is 333 g/mol. The fourth-order valence-electron chi connectivity index (χ4n) is 2.27. The van der Waals surface area contributed by atoms with Crippen molar-refractivity contribution < 1.29 is 9.59 Å². The summed E-state index contributed by atoms with van der Waals surface area (Å²) in [6.07, 6.45) is 2.92. The molecule has 1 heterocycles. The molecule has 120 valence electrons. The molecule has 0 aliphatic rings. The Kier molecular flexibility index (Phi) is 4.86. The standard InChI is InChI=1S/C16H17ClN4O2/c1-9-5-4-6-12(14(9)16(18)23)19-13(22)8-7-11-10(2)20-21(3)15(11)17/h4-8H,1-3H3,(H2,18,23)(H,19,22). The summed E-state index contributed by atoms with van der Waals surface area (Å²) >= 11 is 6.10. The molecule has 6 nitrogen and oxygen atoms in total. The monoisotopic (exact) mass is 332 g/mol. The van der Waals surface area contributed by atoms with Crippen molar-refractivity contribution in [2.75, 3.05) is 5.32 Å². The Morgan fingerprint density at radius 1 is 1.35 bits per heavy atom. The van der Waals surface area contributed by atoms with Crippen molar-refractivity contribution in [3.63, 3.8) is 0 Å². The topological polar surface area (TPSA) is 90.0 Å². The number of amides is 2. The van der Waals surface area contributed by atoms with Crippen molar-refractivity contribution in [1.29, 1.82) is 0 Å². The highest BCUT2D eigenvalue weighted by Crippen LogP contribution is 2.21. The zero-order valence-electron chi connectivity index (χ0n) is 13.1. The van der Waals surface area contributed by atoms with Crippen LogP contribution in [0.2, 0.25) is 5.15 Å². The Hall–Kier alpha value is -2.60. The summed E-state index contributed by atoms with van der Waals surface area (Å²) in [7, 11) is 1.72. The van der Waals surface area contributed by atoms with Gasteiger partial charge < -0.3 is 11.1 Å². The highest BCUT2D eigenvalue weighted by atomic mass is 35.5. The third-order valence-electron chi connectivity index (χ3n) is 3.37. The molecule has 1 aromatic carbocycles. The van der Waals surface area contributed by atoms with E-state index in [1.165, 1.54) is 10.8 Å². The number of aromatic nitrogens is 2. The van der Waals surface area contributed by atoms with E-state index in [2.05, 4.69) is 10.4 Å². The molecular weight excluding hydrogens is 316 g/mol. The molecule has 1 aromatic heterocycles. The number of aryl methyl sites for hydroxylation is 3. The molecule has 0 unspecified atom stereocenters. The number of halogens is 1. The number of hydrogen-bond donors (Lipinski definition) is 2. The molecule has 0 spiro atoms. The number of nitrogens with two attached hydrogens (primary N) is 1. The lowest BCUT2D eigenvalue weighted by atomic mass is 10.1. The van der Waals surface area contributed by atoms with Crippen molar-refractivity contribution in [3.8, 4) is 0 Å². The fraction of sp³-hybridized carbons (Fsp3) is 0.188. The first-order chi connectivity index (χ1) is 10.8. The van der Waals surface area contributed by atoms with Crippen LogP contribution in [0.5, 0.6) is 0 Å². The van der Waals surface area contributed by atoms with Gasteiger partial charge in [0, 0.05) is 18.7 Å². The zero-order chi connectivity index (χ0) is 17.1. The highest BCUT2D eigenvalue weighted by Gasteiger charge is 2.13. The minimum Gasteiger partial charge on any atom is -0.366 e. The van der Waals surface area contributed by atoms with Gasteiger partial charge in [-0.1, -0.05) is 23.7 Å². The van der Waals surface area contributed by atoms with E-state index >= 15 is 0 Å². The first-order valence-corrected chi connectivity index (χ1v) is 7.26. The minimum atomic E-state index is -0.589. The molecule has 3 N–H and O–H groups in total. The lowest BCUT2D eigenvalue weighted by molar-refractivity contribution is -0.111. The molecule has 0 atom stereocenters. The molecule has 2 rings (SSSR count). The van der Waals surface area contributed by atoms with Gasteiger partial charge in [0.2, 0.25) is 5.91 Å². The highest BCUT2D eigenvalue weighted by molar-refractivity contribution is 6.31. The summed E-state index contributed by atoms with van der Waals surface area (Å²) in [6, 6.07) is 5.12. The van der Waals surface area contributed by atoms with Crippen molar-refractivity contribution >= 4 is 35.2 Å². The molecule has 0 saturated carbocycles. The lowest BCUT2D eigenvalue weighted by Gasteiger charge is -2.09. The zero-order valence-corrected chi connectivity index (χ0v) is 13.8. The maximum Gasteiger partial charge on any atom is 0.251 e. The summed E-state index contributed by atoms with van der Waals surface area (Å²) in [5, 5.41) is 7.26. The number of carbonyl (C=O) groups is 2. The number of rotatable bonds is 4. The van der Waals surface area contributed by atoms with E-state index in [0.717, 1.165) is 5.69 Å². The van der Waals surface area contributed by atoms with Crippen molar-refractivity contribution in [3.05, 3.63) is 51.8 Å². The predicted molar refractivity (Wildman–Crippen MR) is 90.3 cm³/mol. The first-order valence-electron chi connectivity index (χ1n) is 6.89. The Bertz CT molecular complexity index is 809. The lowest BCUT2D eigenvalue weighted by Crippen LogP contribution is -2.18. The van der Waals surface area contributed by atoms with Crippen LogP contribution in [0, 0.1) is 13.8 Å². The Labute approximate surface area is 138 Å². The van der Waals surface area contributed by atoms with Crippen LogP contribution in [0.4, 0.5) is 5.69 Å². The SMILES string of the molecule is Cc1cccc(NC(=O)C=Cc2c(C)nn(C)c2Cl)c1C(N)=O. The van der Waals surface area contributed by atoms with E-state index < -0.39 is 11.8 Å². The second-order valence-electron chi connectivity index (χ2n) is 5.10. The number of nitrogens with one attached hydrogen (secondary N) is 1. The first kappa shape index (κ1) is 16.8. The van der Waals surface area contributed by atoms with Crippen LogP contribution in [0.25, 0.3) is 6.08 Å². The van der Waals surface area contributed by atoms with Crippen molar-refractivity contribution in [1.82, 2.24) is 9.78 Å². The molecule has 2 aromatic rings. The summed E-state index contributed by atoms with van der Waals surface area (Å²) < 4.78 is 1.53. The molecule has 0 fully saturated rings. The van der Waals surface area contributed by atoms with Crippen LogP contribution in [0.15, 0.2) is 24.3 Å². The molecule has 2 amide bonds. The molecule has 0 aliphatic carbocycles. The molecule has 23 heavy (non-hydrogen) atoms. The largest absolute Gasteiger partial charge is 0.366 e. The number of nitrogens with zero attached hydrogens (tertiary/aromatic N) is 2. The second-order valence-corrected chi connectivity index (χ2v) is 5.46. The maximum atomic E-state index is 12.1. The van der Waals surface area contributed by atoms with Crippen LogP contribution >= 0.6 is 11.6 Å². The van der Waals surface area contributed by atoms with E-state index in [0.29, 0.717) is 27.5 Å². The van der Waals surface area contributed by atoms with Gasteiger partial charge in [0.25, 0.3) is 5.91 Å². The van der Waals surface area contributed by atoms with Gasteiger partial charge in [0.15, 0.2) is 0 Å². The molecule has 0 bridgehead atoms. The van der Waals surface area contributed by atoms with E-state index in [-0.39, 0.29) is 0 Å². The molecule has 0 aliphatic heterocycles. The summed E-state index contributed by atoms with van der Waals surface area (Å²) in [4.78, 5) is 23.6. The van der Waals surface area contributed by atoms with Crippen molar-refractivity contribution in [2.45, 2.75) is 13.8 Å². The van der Waals surface area contributed by atoms with E-state index in [1.807, 2.05) is 0 Å². The van der Waals surface area contributed by atoms with Gasteiger partial charge >= 0.3 is 0 Å². The Balaban J connectivity index is 2.22. The average Bonchev–Trinajstić information content (AvgIpc) is 2.69. The summed E-state index contributed by atoms with van der Waals surface area (Å²) in [5.41, 5.74) is 8.12. The fourth-order valence-corrected chi connectivity index (χ4v) is 2.51. The van der Waals surface area contributed by atoms with Crippen LogP contribution in [-0.4, -0.2) is 21.6 Å². The van der Waals surface area contributed by atoms with Crippen LogP contribution in [-0.2, 0) is 11.8 Å². The van der Waals surface area contributed by atoms with Crippen LogP contribution < -0.4 is 11.1 Å². The number of primary amides is 1. The smallest absolute Gasteiger partial charge is 0.251 e. The molecule has 0 radical (unpaired) electrons.